The van der Waals surface area contributed by atoms with E-state index in [-0.39, 0.29) is 18.3 Å². The van der Waals surface area contributed by atoms with Crippen molar-refractivity contribution in [2.24, 2.45) is 17.3 Å². The maximum atomic E-state index is 12.0. The van der Waals surface area contributed by atoms with E-state index in [0.29, 0.717) is 0 Å². The number of ether oxygens (including phenoxy) is 2. The fourth-order valence-corrected chi connectivity index (χ4v) is 2.63. The van der Waals surface area contributed by atoms with Crippen LogP contribution >= 0.6 is 0 Å². The monoisotopic (exact) mass is 238 g/mol. The van der Waals surface area contributed by atoms with E-state index in [9.17, 15) is 9.59 Å². The van der Waals surface area contributed by atoms with Gasteiger partial charge in [-0.1, -0.05) is 25.2 Å². The summed E-state index contributed by atoms with van der Waals surface area (Å²) in [6.07, 6.45) is 1.96. The van der Waals surface area contributed by atoms with Gasteiger partial charge in [0.1, 0.15) is 0 Å². The first-order valence-electron chi connectivity index (χ1n) is 5.42. The molecule has 1 rings (SSSR count). The van der Waals surface area contributed by atoms with E-state index in [4.69, 9.17) is 9.47 Å². The third-order valence-corrected chi connectivity index (χ3v) is 3.65. The van der Waals surface area contributed by atoms with Gasteiger partial charge in [-0.05, 0) is 12.3 Å². The maximum Gasteiger partial charge on any atom is 0.323 e. The summed E-state index contributed by atoms with van der Waals surface area (Å²) < 4.78 is 9.51. The second kappa shape index (κ2) is 4.73. The van der Waals surface area contributed by atoms with Gasteiger partial charge in [-0.2, -0.15) is 0 Å². The van der Waals surface area contributed by atoms with E-state index in [1.165, 1.54) is 14.2 Å². The molecular formula is C13H18O4. The lowest BCUT2D eigenvalue weighted by molar-refractivity contribution is -0.172. The molecule has 4 nitrogen and oxygen atoms in total. The summed E-state index contributed by atoms with van der Waals surface area (Å²) in [6, 6.07) is 0. The molecule has 17 heavy (non-hydrogen) atoms. The van der Waals surface area contributed by atoms with E-state index < -0.39 is 17.4 Å². The standard InChI is InChI=1S/C13H18O4/c1-6-10-8(2)7-13(9(10)3,11(14)16-4)12(15)17-5/h6,9-10H,1-2,7H2,3-5H3. The molecule has 2 atom stereocenters. The molecule has 0 aromatic rings. The Morgan fingerprint density at radius 3 is 2.12 bits per heavy atom. The predicted molar refractivity (Wildman–Crippen MR) is 63.1 cm³/mol. The molecule has 0 N–H and O–H groups in total. The van der Waals surface area contributed by atoms with Gasteiger partial charge in [0.15, 0.2) is 5.41 Å². The molecule has 1 saturated carbocycles. The first-order valence-corrected chi connectivity index (χ1v) is 5.42. The highest BCUT2D eigenvalue weighted by atomic mass is 16.5. The minimum atomic E-state index is -1.28. The van der Waals surface area contributed by atoms with Gasteiger partial charge in [-0.3, -0.25) is 9.59 Å². The maximum absolute atomic E-state index is 12.0. The van der Waals surface area contributed by atoms with Crippen LogP contribution < -0.4 is 0 Å². The first-order chi connectivity index (χ1) is 7.95. The van der Waals surface area contributed by atoms with Crippen molar-refractivity contribution in [2.45, 2.75) is 13.3 Å². The third kappa shape index (κ3) is 1.77. The molecule has 94 valence electrons. The first kappa shape index (κ1) is 13.5. The van der Waals surface area contributed by atoms with E-state index in [1.807, 2.05) is 6.92 Å². The zero-order valence-electron chi connectivity index (χ0n) is 10.5. The average molecular weight is 238 g/mol. The predicted octanol–water partition coefficient (Wildman–Crippen LogP) is 1.72. The van der Waals surface area contributed by atoms with Crippen molar-refractivity contribution in [2.75, 3.05) is 14.2 Å². The normalized spacial score (nSPS) is 26.4. The van der Waals surface area contributed by atoms with Crippen molar-refractivity contribution in [3.63, 3.8) is 0 Å². The van der Waals surface area contributed by atoms with Crippen LogP contribution in [0.2, 0.25) is 0 Å². The summed E-state index contributed by atoms with van der Waals surface area (Å²) in [5.74, 6) is -1.47. The summed E-state index contributed by atoms with van der Waals surface area (Å²) in [6.45, 7) is 9.43. The van der Waals surface area contributed by atoms with Crippen molar-refractivity contribution in [1.29, 1.82) is 0 Å². The molecule has 1 aliphatic carbocycles. The summed E-state index contributed by atoms with van der Waals surface area (Å²) in [5, 5.41) is 0. The van der Waals surface area contributed by atoms with Gasteiger partial charge < -0.3 is 9.47 Å². The Balaban J connectivity index is 3.27. The smallest absolute Gasteiger partial charge is 0.323 e. The molecule has 4 heteroatoms. The number of carbonyl (C=O) groups excluding carboxylic acids is 2. The van der Waals surface area contributed by atoms with Crippen LogP contribution in [-0.4, -0.2) is 26.2 Å². The molecule has 1 aliphatic rings. The zero-order valence-corrected chi connectivity index (χ0v) is 10.5. The summed E-state index contributed by atoms with van der Waals surface area (Å²) in [5.41, 5.74) is -0.470. The minimum Gasteiger partial charge on any atom is -0.468 e. The van der Waals surface area contributed by atoms with Crippen molar-refractivity contribution in [3.8, 4) is 0 Å². The lowest BCUT2D eigenvalue weighted by Gasteiger charge is -2.28. The number of hydrogen-bond donors (Lipinski definition) is 0. The van der Waals surface area contributed by atoms with Crippen molar-refractivity contribution < 1.29 is 19.1 Å². The number of allylic oxidation sites excluding steroid dienone is 2. The van der Waals surface area contributed by atoms with Crippen LogP contribution in [0.3, 0.4) is 0 Å². The molecule has 0 aromatic heterocycles. The Morgan fingerprint density at radius 1 is 1.35 bits per heavy atom. The van der Waals surface area contributed by atoms with Crippen LogP contribution in [0.25, 0.3) is 0 Å². The van der Waals surface area contributed by atoms with Crippen LogP contribution in [0.15, 0.2) is 24.8 Å². The molecular weight excluding hydrogens is 220 g/mol. The lowest BCUT2D eigenvalue weighted by atomic mass is 9.76. The van der Waals surface area contributed by atoms with E-state index in [2.05, 4.69) is 13.2 Å². The highest BCUT2D eigenvalue weighted by Gasteiger charge is 2.59. The fourth-order valence-electron chi connectivity index (χ4n) is 2.63. The second-order valence-corrected chi connectivity index (χ2v) is 4.34. The Labute approximate surface area is 101 Å². The summed E-state index contributed by atoms with van der Waals surface area (Å²) >= 11 is 0. The molecule has 0 aromatic carbocycles. The summed E-state index contributed by atoms with van der Waals surface area (Å²) in [4.78, 5) is 23.9. The van der Waals surface area contributed by atoms with Crippen LogP contribution in [0.4, 0.5) is 0 Å². The number of esters is 2. The molecule has 1 fully saturated rings. The number of methoxy groups -OCH3 is 2. The van der Waals surface area contributed by atoms with Crippen molar-refractivity contribution in [1.82, 2.24) is 0 Å². The van der Waals surface area contributed by atoms with Gasteiger partial charge in [-0.15, -0.1) is 6.58 Å². The Hall–Kier alpha value is -1.58. The molecule has 0 bridgehead atoms. The highest BCUT2D eigenvalue weighted by molar-refractivity contribution is 6.01. The molecule has 0 radical (unpaired) electrons. The topological polar surface area (TPSA) is 52.6 Å². The SMILES string of the molecule is C=CC1C(=C)CC(C(=O)OC)(C(=O)OC)C1C. The van der Waals surface area contributed by atoms with Crippen LogP contribution in [0.5, 0.6) is 0 Å². The van der Waals surface area contributed by atoms with E-state index in [0.717, 1.165) is 5.57 Å². The Kier molecular flexibility index (Phi) is 3.76. The van der Waals surface area contributed by atoms with Gasteiger partial charge in [0.2, 0.25) is 0 Å². The molecule has 0 heterocycles. The molecule has 0 spiro atoms. The molecule has 0 aliphatic heterocycles. The number of hydrogen-bond acceptors (Lipinski definition) is 4. The van der Waals surface area contributed by atoms with Crippen molar-refractivity contribution in [3.05, 3.63) is 24.8 Å². The fraction of sp³-hybridized carbons (Fsp3) is 0.538. The number of carbonyl (C=O) groups is 2. The van der Waals surface area contributed by atoms with Crippen molar-refractivity contribution >= 4 is 11.9 Å². The van der Waals surface area contributed by atoms with Gasteiger partial charge >= 0.3 is 11.9 Å². The minimum absolute atomic E-state index is 0.0757. The highest BCUT2D eigenvalue weighted by Crippen LogP contribution is 2.51. The van der Waals surface area contributed by atoms with Crippen LogP contribution in [0.1, 0.15) is 13.3 Å². The lowest BCUT2D eigenvalue weighted by Crippen LogP contribution is -2.44. The van der Waals surface area contributed by atoms with Gasteiger partial charge in [-0.25, -0.2) is 0 Å². The average Bonchev–Trinajstić information content (AvgIpc) is 2.59. The quantitative estimate of drug-likeness (QED) is 0.427. The second-order valence-electron chi connectivity index (χ2n) is 4.34. The molecule has 2 unspecified atom stereocenters. The summed E-state index contributed by atoms with van der Waals surface area (Å²) in [7, 11) is 2.54. The third-order valence-electron chi connectivity index (χ3n) is 3.65. The Bertz CT molecular complexity index is 354. The van der Waals surface area contributed by atoms with E-state index >= 15 is 0 Å². The van der Waals surface area contributed by atoms with Gasteiger partial charge in [0.25, 0.3) is 0 Å². The zero-order chi connectivity index (χ0) is 13.2. The van der Waals surface area contributed by atoms with Crippen LogP contribution in [-0.2, 0) is 19.1 Å². The van der Waals surface area contributed by atoms with E-state index in [1.54, 1.807) is 6.08 Å². The number of rotatable bonds is 3. The molecule has 0 saturated heterocycles. The van der Waals surface area contributed by atoms with Crippen LogP contribution in [0, 0.1) is 17.3 Å². The van der Waals surface area contributed by atoms with Gasteiger partial charge in [0.05, 0.1) is 14.2 Å². The Morgan fingerprint density at radius 2 is 1.82 bits per heavy atom. The largest absolute Gasteiger partial charge is 0.468 e. The van der Waals surface area contributed by atoms with Gasteiger partial charge in [0, 0.05) is 5.92 Å². The molecule has 0 amide bonds.